The summed E-state index contributed by atoms with van der Waals surface area (Å²) in [5.41, 5.74) is 4.47. The lowest BCUT2D eigenvalue weighted by Crippen LogP contribution is -2.14. The minimum atomic E-state index is 0.713. The zero-order valence-electron chi connectivity index (χ0n) is 10.7. The molecular weight excluding hydrogens is 216 g/mol. The Morgan fingerprint density at radius 2 is 2.06 bits per heavy atom. The van der Waals surface area contributed by atoms with Gasteiger partial charge in [-0.15, -0.1) is 0 Å². The first-order chi connectivity index (χ1) is 8.08. The molecule has 17 heavy (non-hydrogen) atoms. The molecule has 0 aliphatic heterocycles. The fourth-order valence-electron chi connectivity index (χ4n) is 1.89. The summed E-state index contributed by atoms with van der Waals surface area (Å²) in [5.74, 6) is 0.843. The Morgan fingerprint density at radius 3 is 2.59 bits per heavy atom. The van der Waals surface area contributed by atoms with E-state index in [1.165, 1.54) is 11.3 Å². The molecule has 0 saturated carbocycles. The maximum atomic E-state index is 5.01. The first-order valence-electron chi connectivity index (χ1n) is 5.70. The van der Waals surface area contributed by atoms with Crippen LogP contribution in [0.3, 0.4) is 0 Å². The van der Waals surface area contributed by atoms with Crippen molar-refractivity contribution in [3.8, 4) is 0 Å². The number of nitrogens with one attached hydrogen (secondary N) is 1. The van der Waals surface area contributed by atoms with Crippen LogP contribution >= 0.6 is 0 Å². The van der Waals surface area contributed by atoms with Gasteiger partial charge in [0, 0.05) is 37.5 Å². The van der Waals surface area contributed by atoms with Gasteiger partial charge >= 0.3 is 0 Å². The maximum absolute atomic E-state index is 5.01. The van der Waals surface area contributed by atoms with Gasteiger partial charge in [-0.2, -0.15) is 5.10 Å². The highest BCUT2D eigenvalue weighted by Crippen LogP contribution is 2.11. The minimum absolute atomic E-state index is 0.713. The number of aromatic nitrogens is 3. The predicted molar refractivity (Wildman–Crippen MR) is 64.5 cm³/mol. The molecule has 0 unspecified atom stereocenters. The summed E-state index contributed by atoms with van der Waals surface area (Å²) in [6.45, 7) is 7.52. The molecule has 0 amide bonds. The number of nitrogens with zero attached hydrogens (tertiary/aromatic N) is 3. The van der Waals surface area contributed by atoms with E-state index < -0.39 is 0 Å². The third kappa shape index (κ3) is 2.55. The van der Waals surface area contributed by atoms with Crippen molar-refractivity contribution < 1.29 is 4.52 Å². The normalized spacial score (nSPS) is 11.1. The topological polar surface area (TPSA) is 55.9 Å². The third-order valence-corrected chi connectivity index (χ3v) is 2.94. The van der Waals surface area contributed by atoms with Crippen molar-refractivity contribution in [3.63, 3.8) is 0 Å². The SMILES string of the molecule is Cc1cc(CNCc2c(C)nn(C)c2C)no1. The van der Waals surface area contributed by atoms with Crippen LogP contribution in [0.1, 0.15) is 28.4 Å². The maximum Gasteiger partial charge on any atom is 0.133 e. The Morgan fingerprint density at radius 1 is 1.29 bits per heavy atom. The molecule has 0 aliphatic rings. The van der Waals surface area contributed by atoms with Crippen molar-refractivity contribution in [2.75, 3.05) is 0 Å². The van der Waals surface area contributed by atoms with E-state index in [4.69, 9.17) is 4.52 Å². The van der Waals surface area contributed by atoms with Gasteiger partial charge in [0.1, 0.15) is 5.76 Å². The molecule has 0 atom stereocenters. The van der Waals surface area contributed by atoms with Crippen LogP contribution in [0.15, 0.2) is 10.6 Å². The monoisotopic (exact) mass is 234 g/mol. The van der Waals surface area contributed by atoms with Gasteiger partial charge < -0.3 is 9.84 Å². The molecule has 0 radical (unpaired) electrons. The van der Waals surface area contributed by atoms with Crippen LogP contribution in [0.5, 0.6) is 0 Å². The third-order valence-electron chi connectivity index (χ3n) is 2.94. The first kappa shape index (κ1) is 11.9. The number of rotatable bonds is 4. The molecule has 2 aromatic rings. The van der Waals surface area contributed by atoms with E-state index in [0.29, 0.717) is 6.54 Å². The van der Waals surface area contributed by atoms with E-state index >= 15 is 0 Å². The zero-order chi connectivity index (χ0) is 12.4. The van der Waals surface area contributed by atoms with E-state index in [1.807, 2.05) is 31.6 Å². The van der Waals surface area contributed by atoms with Crippen LogP contribution in [0.2, 0.25) is 0 Å². The average molecular weight is 234 g/mol. The van der Waals surface area contributed by atoms with Crippen LogP contribution in [0, 0.1) is 20.8 Å². The van der Waals surface area contributed by atoms with E-state index in [0.717, 1.165) is 23.7 Å². The van der Waals surface area contributed by atoms with E-state index in [2.05, 4.69) is 22.5 Å². The summed E-state index contributed by atoms with van der Waals surface area (Å²) in [7, 11) is 1.97. The summed E-state index contributed by atoms with van der Waals surface area (Å²) in [5, 5.41) is 11.7. The highest BCUT2D eigenvalue weighted by atomic mass is 16.5. The fourth-order valence-corrected chi connectivity index (χ4v) is 1.89. The van der Waals surface area contributed by atoms with Gasteiger partial charge in [-0.3, -0.25) is 4.68 Å². The molecular formula is C12H18N4O. The molecule has 0 saturated heterocycles. The molecule has 5 nitrogen and oxygen atoms in total. The van der Waals surface area contributed by atoms with Crippen molar-refractivity contribution in [3.05, 3.63) is 34.5 Å². The summed E-state index contributed by atoms with van der Waals surface area (Å²) in [6.07, 6.45) is 0. The van der Waals surface area contributed by atoms with Crippen molar-refractivity contribution >= 4 is 0 Å². The second-order valence-corrected chi connectivity index (χ2v) is 4.31. The highest BCUT2D eigenvalue weighted by Gasteiger charge is 2.08. The van der Waals surface area contributed by atoms with Gasteiger partial charge in [-0.1, -0.05) is 5.16 Å². The molecule has 5 heteroatoms. The average Bonchev–Trinajstić information content (AvgIpc) is 2.78. The van der Waals surface area contributed by atoms with Crippen LogP contribution in [-0.4, -0.2) is 14.9 Å². The van der Waals surface area contributed by atoms with Gasteiger partial charge in [0.05, 0.1) is 11.4 Å². The molecule has 2 rings (SSSR count). The number of hydrogen-bond donors (Lipinski definition) is 1. The minimum Gasteiger partial charge on any atom is -0.361 e. The summed E-state index contributed by atoms with van der Waals surface area (Å²) >= 11 is 0. The molecule has 0 aliphatic carbocycles. The Kier molecular flexibility index (Phi) is 3.28. The lowest BCUT2D eigenvalue weighted by Gasteiger charge is -2.03. The lowest BCUT2D eigenvalue weighted by atomic mass is 10.2. The Bertz CT molecular complexity index is 513. The quantitative estimate of drug-likeness (QED) is 0.873. The van der Waals surface area contributed by atoms with Gasteiger partial charge in [0.25, 0.3) is 0 Å². The molecule has 1 N–H and O–H groups in total. The molecule has 0 spiro atoms. The second kappa shape index (κ2) is 4.71. The second-order valence-electron chi connectivity index (χ2n) is 4.31. The van der Waals surface area contributed by atoms with Crippen LogP contribution in [0.25, 0.3) is 0 Å². The number of hydrogen-bond acceptors (Lipinski definition) is 4. The van der Waals surface area contributed by atoms with Crippen molar-refractivity contribution in [1.82, 2.24) is 20.3 Å². The Hall–Kier alpha value is -1.62. The first-order valence-corrected chi connectivity index (χ1v) is 5.70. The smallest absolute Gasteiger partial charge is 0.133 e. The molecule has 2 heterocycles. The molecule has 0 bridgehead atoms. The van der Waals surface area contributed by atoms with Gasteiger partial charge in [0.15, 0.2) is 0 Å². The van der Waals surface area contributed by atoms with E-state index in [-0.39, 0.29) is 0 Å². The molecule has 92 valence electrons. The Balaban J connectivity index is 1.94. The molecule has 0 aromatic carbocycles. The van der Waals surface area contributed by atoms with E-state index in [1.54, 1.807) is 0 Å². The number of aryl methyl sites for hydroxylation is 3. The van der Waals surface area contributed by atoms with Gasteiger partial charge in [-0.05, 0) is 20.8 Å². The fraction of sp³-hybridized carbons (Fsp3) is 0.500. The van der Waals surface area contributed by atoms with Crippen molar-refractivity contribution in [1.29, 1.82) is 0 Å². The largest absolute Gasteiger partial charge is 0.361 e. The lowest BCUT2D eigenvalue weighted by molar-refractivity contribution is 0.388. The summed E-state index contributed by atoms with van der Waals surface area (Å²) in [6, 6.07) is 1.94. The van der Waals surface area contributed by atoms with Crippen molar-refractivity contribution in [2.24, 2.45) is 7.05 Å². The van der Waals surface area contributed by atoms with Crippen molar-refractivity contribution in [2.45, 2.75) is 33.9 Å². The Labute approximate surface area is 101 Å². The molecule has 0 fully saturated rings. The van der Waals surface area contributed by atoms with E-state index in [9.17, 15) is 0 Å². The van der Waals surface area contributed by atoms with Crippen LogP contribution < -0.4 is 5.32 Å². The standard InChI is InChI=1S/C12H18N4O/c1-8-5-11(15-17-8)6-13-7-12-9(2)14-16(4)10(12)3/h5,13H,6-7H2,1-4H3. The molecule has 2 aromatic heterocycles. The van der Waals surface area contributed by atoms with Gasteiger partial charge in [-0.25, -0.2) is 0 Å². The van der Waals surface area contributed by atoms with Crippen LogP contribution in [0.4, 0.5) is 0 Å². The highest BCUT2D eigenvalue weighted by molar-refractivity contribution is 5.24. The summed E-state index contributed by atoms with van der Waals surface area (Å²) in [4.78, 5) is 0. The summed E-state index contributed by atoms with van der Waals surface area (Å²) < 4.78 is 6.92. The predicted octanol–water partition coefficient (Wildman–Crippen LogP) is 1.62. The van der Waals surface area contributed by atoms with Crippen LogP contribution in [-0.2, 0) is 20.1 Å². The van der Waals surface area contributed by atoms with Gasteiger partial charge in [0.2, 0.25) is 0 Å². The zero-order valence-corrected chi connectivity index (χ0v) is 10.7.